The highest BCUT2D eigenvalue weighted by atomic mass is 16.1. The minimum Gasteiger partial charge on any atom is -0.306 e. The molecule has 2 aromatic carbocycles. The molecule has 0 aliphatic carbocycles. The number of nitrogens with zero attached hydrogens (tertiary/aromatic N) is 2. The fourth-order valence-electron chi connectivity index (χ4n) is 5.03. The molecule has 4 heteroatoms. The van der Waals surface area contributed by atoms with Gasteiger partial charge in [0.2, 0.25) is 0 Å². The monoisotopic (exact) mass is 363 g/mol. The second-order valence-electron chi connectivity index (χ2n) is 7.64. The van der Waals surface area contributed by atoms with Crippen LogP contribution in [-0.2, 0) is 5.54 Å². The van der Waals surface area contributed by atoms with Gasteiger partial charge in [0.05, 0.1) is 11.0 Å². The van der Waals surface area contributed by atoms with E-state index in [1.54, 1.807) is 0 Å². The maximum Gasteiger partial charge on any atom is 0.326 e. The number of imidazole rings is 1. The van der Waals surface area contributed by atoms with Crippen LogP contribution in [0.2, 0.25) is 0 Å². The van der Waals surface area contributed by atoms with E-state index in [0.717, 1.165) is 49.8 Å². The van der Waals surface area contributed by atoms with E-state index < -0.39 is 0 Å². The molecule has 4 rings (SSSR count). The molecule has 142 valence electrons. The van der Waals surface area contributed by atoms with E-state index in [0.29, 0.717) is 0 Å². The molecule has 2 heterocycles. The molecule has 1 aliphatic heterocycles. The van der Waals surface area contributed by atoms with Crippen molar-refractivity contribution in [3.8, 4) is 0 Å². The van der Waals surface area contributed by atoms with Crippen LogP contribution < -0.4 is 5.69 Å². The van der Waals surface area contributed by atoms with Gasteiger partial charge in [-0.3, -0.25) is 9.47 Å². The quantitative estimate of drug-likeness (QED) is 0.715. The van der Waals surface area contributed by atoms with Crippen molar-refractivity contribution in [2.24, 2.45) is 0 Å². The normalized spacial score (nSPS) is 16.8. The SMILES string of the molecule is CCC(CC)(c1ccccc1)N1CCC(n2c(=O)[nH]c3ccccc32)CC1. The highest BCUT2D eigenvalue weighted by Gasteiger charge is 2.37. The fraction of sp³-hybridized carbons (Fsp3) is 0.435. The summed E-state index contributed by atoms with van der Waals surface area (Å²) in [6.45, 7) is 6.64. The zero-order valence-corrected chi connectivity index (χ0v) is 16.3. The minimum atomic E-state index is 0.0231. The van der Waals surface area contributed by atoms with Gasteiger partial charge < -0.3 is 4.98 Å². The highest BCUT2D eigenvalue weighted by molar-refractivity contribution is 5.75. The number of hydrogen-bond donors (Lipinski definition) is 1. The summed E-state index contributed by atoms with van der Waals surface area (Å²) in [6.07, 6.45) is 4.23. The molecule has 0 radical (unpaired) electrons. The topological polar surface area (TPSA) is 41.0 Å². The summed E-state index contributed by atoms with van der Waals surface area (Å²) < 4.78 is 1.98. The molecule has 1 aromatic heterocycles. The Balaban J connectivity index is 1.59. The fourth-order valence-corrected chi connectivity index (χ4v) is 5.03. The first kappa shape index (κ1) is 18.1. The minimum absolute atomic E-state index is 0.0231. The van der Waals surface area contributed by atoms with Crippen molar-refractivity contribution in [2.45, 2.75) is 51.1 Å². The molecule has 1 fully saturated rings. The van der Waals surface area contributed by atoms with Crippen molar-refractivity contribution < 1.29 is 0 Å². The van der Waals surface area contributed by atoms with Crippen LogP contribution in [0.5, 0.6) is 0 Å². The standard InChI is InChI=1S/C23H29N3O/c1-3-23(4-2,18-10-6-5-7-11-18)25-16-14-19(15-17-25)26-21-13-9-8-12-20(21)24-22(26)27/h5-13,19H,3-4,14-17H2,1-2H3,(H,24,27). The molecule has 4 nitrogen and oxygen atoms in total. The molecule has 27 heavy (non-hydrogen) atoms. The number of aromatic nitrogens is 2. The highest BCUT2D eigenvalue weighted by Crippen LogP contribution is 2.39. The average Bonchev–Trinajstić information content (AvgIpc) is 3.06. The Bertz CT molecular complexity index is 944. The van der Waals surface area contributed by atoms with Gasteiger partial charge in [-0.15, -0.1) is 0 Å². The van der Waals surface area contributed by atoms with Crippen LogP contribution >= 0.6 is 0 Å². The van der Waals surface area contributed by atoms with E-state index in [9.17, 15) is 4.79 Å². The van der Waals surface area contributed by atoms with E-state index in [4.69, 9.17) is 0 Å². The van der Waals surface area contributed by atoms with Gasteiger partial charge in [0.15, 0.2) is 0 Å². The molecule has 3 aromatic rings. The van der Waals surface area contributed by atoms with Crippen molar-refractivity contribution >= 4 is 11.0 Å². The van der Waals surface area contributed by atoms with E-state index in [2.05, 4.69) is 54.1 Å². The van der Waals surface area contributed by atoms with Gasteiger partial charge in [0, 0.05) is 24.7 Å². The van der Waals surface area contributed by atoms with Crippen molar-refractivity contribution in [3.05, 3.63) is 70.6 Å². The summed E-state index contributed by atoms with van der Waals surface area (Å²) >= 11 is 0. The predicted octanol–water partition coefficient (Wildman–Crippen LogP) is 4.68. The number of rotatable bonds is 5. The molecule has 0 saturated carbocycles. The molecule has 1 N–H and O–H groups in total. The molecule has 0 atom stereocenters. The Labute approximate surface area is 160 Å². The molecule has 0 unspecified atom stereocenters. The van der Waals surface area contributed by atoms with Crippen molar-refractivity contribution in [1.29, 1.82) is 0 Å². The third-order valence-corrected chi connectivity index (χ3v) is 6.54. The number of benzene rings is 2. The number of para-hydroxylation sites is 2. The van der Waals surface area contributed by atoms with Crippen LogP contribution in [0, 0.1) is 0 Å². The second-order valence-corrected chi connectivity index (χ2v) is 7.64. The van der Waals surface area contributed by atoms with Gasteiger partial charge in [-0.1, -0.05) is 56.3 Å². The lowest BCUT2D eigenvalue weighted by atomic mass is 9.81. The zero-order valence-electron chi connectivity index (χ0n) is 16.3. The van der Waals surface area contributed by atoms with Gasteiger partial charge in [-0.25, -0.2) is 4.79 Å². The van der Waals surface area contributed by atoms with Crippen molar-refractivity contribution in [2.75, 3.05) is 13.1 Å². The molecule has 0 amide bonds. The summed E-state index contributed by atoms with van der Waals surface area (Å²) in [5, 5.41) is 0. The van der Waals surface area contributed by atoms with Crippen LogP contribution in [0.15, 0.2) is 59.4 Å². The Hall–Kier alpha value is -2.33. The maximum atomic E-state index is 12.5. The molecule has 1 saturated heterocycles. The number of nitrogens with one attached hydrogen (secondary N) is 1. The predicted molar refractivity (Wildman–Crippen MR) is 111 cm³/mol. The third kappa shape index (κ3) is 3.02. The Kier molecular flexibility index (Phi) is 4.92. The van der Waals surface area contributed by atoms with Crippen LogP contribution in [0.1, 0.15) is 51.1 Å². The summed E-state index contributed by atoms with van der Waals surface area (Å²) in [5.41, 5.74) is 3.50. The lowest BCUT2D eigenvalue weighted by Crippen LogP contribution is -2.49. The van der Waals surface area contributed by atoms with E-state index in [-0.39, 0.29) is 17.3 Å². The van der Waals surface area contributed by atoms with Gasteiger partial charge in [-0.05, 0) is 43.4 Å². The summed E-state index contributed by atoms with van der Waals surface area (Å²) in [5.74, 6) is 0. The Morgan fingerprint density at radius 1 is 0.963 bits per heavy atom. The number of aromatic amines is 1. The molecule has 0 spiro atoms. The lowest BCUT2D eigenvalue weighted by Gasteiger charge is -2.47. The lowest BCUT2D eigenvalue weighted by molar-refractivity contribution is 0.0413. The summed E-state index contributed by atoms with van der Waals surface area (Å²) in [7, 11) is 0. The van der Waals surface area contributed by atoms with Crippen LogP contribution in [-0.4, -0.2) is 27.5 Å². The largest absolute Gasteiger partial charge is 0.326 e. The molecular formula is C23H29N3O. The van der Waals surface area contributed by atoms with Gasteiger partial charge >= 0.3 is 5.69 Å². The number of piperidine rings is 1. The second kappa shape index (κ2) is 7.35. The number of H-pyrrole nitrogens is 1. The average molecular weight is 364 g/mol. The van der Waals surface area contributed by atoms with Crippen molar-refractivity contribution in [3.63, 3.8) is 0 Å². The van der Waals surface area contributed by atoms with E-state index in [1.807, 2.05) is 28.8 Å². The van der Waals surface area contributed by atoms with Crippen LogP contribution in [0.25, 0.3) is 11.0 Å². The first-order chi connectivity index (χ1) is 13.2. The van der Waals surface area contributed by atoms with Crippen LogP contribution in [0.4, 0.5) is 0 Å². The van der Waals surface area contributed by atoms with Gasteiger partial charge in [0.1, 0.15) is 0 Å². The Morgan fingerprint density at radius 2 is 1.59 bits per heavy atom. The maximum absolute atomic E-state index is 12.5. The van der Waals surface area contributed by atoms with Gasteiger partial charge in [0.25, 0.3) is 0 Å². The molecule has 1 aliphatic rings. The van der Waals surface area contributed by atoms with E-state index in [1.165, 1.54) is 5.56 Å². The molecule has 0 bridgehead atoms. The van der Waals surface area contributed by atoms with Crippen LogP contribution in [0.3, 0.4) is 0 Å². The third-order valence-electron chi connectivity index (χ3n) is 6.54. The first-order valence-electron chi connectivity index (χ1n) is 10.2. The number of hydrogen-bond acceptors (Lipinski definition) is 2. The van der Waals surface area contributed by atoms with Gasteiger partial charge in [-0.2, -0.15) is 0 Å². The smallest absolute Gasteiger partial charge is 0.306 e. The summed E-state index contributed by atoms with van der Waals surface area (Å²) in [6, 6.07) is 19.2. The zero-order chi connectivity index (χ0) is 18.9. The number of likely N-dealkylation sites (tertiary alicyclic amines) is 1. The summed E-state index contributed by atoms with van der Waals surface area (Å²) in [4.78, 5) is 18.2. The number of fused-ring (bicyclic) bond motifs is 1. The van der Waals surface area contributed by atoms with E-state index >= 15 is 0 Å². The first-order valence-corrected chi connectivity index (χ1v) is 10.2. The Morgan fingerprint density at radius 3 is 2.26 bits per heavy atom. The molecular weight excluding hydrogens is 334 g/mol. The van der Waals surface area contributed by atoms with Crippen molar-refractivity contribution in [1.82, 2.24) is 14.5 Å².